The first-order valence-corrected chi connectivity index (χ1v) is 5.63. The highest BCUT2D eigenvalue weighted by Crippen LogP contribution is 2.32. The number of H-pyrrole nitrogens is 2. The molecule has 0 aliphatic carbocycles. The third-order valence-electron chi connectivity index (χ3n) is 2.39. The molecule has 0 unspecified atom stereocenters. The summed E-state index contributed by atoms with van der Waals surface area (Å²) in [6, 6.07) is 1.87. The first-order valence-electron chi connectivity index (χ1n) is 5.63. The number of nitrogens with one attached hydrogen (secondary N) is 2. The van der Waals surface area contributed by atoms with Crippen LogP contribution in [-0.4, -0.2) is 9.97 Å². The number of fused-ring (bicyclic) bond motifs is 1. The monoisotopic (exact) mass is 274 g/mol. The molecular formula is C12H13F3N2O2. The molecule has 1 aromatic carbocycles. The van der Waals surface area contributed by atoms with E-state index in [1.807, 2.05) is 18.8 Å². The molecule has 0 aliphatic rings. The van der Waals surface area contributed by atoms with Crippen molar-refractivity contribution in [1.29, 1.82) is 0 Å². The molecule has 2 rings (SSSR count). The van der Waals surface area contributed by atoms with Gasteiger partial charge in [-0.3, -0.25) is 9.78 Å². The van der Waals surface area contributed by atoms with Gasteiger partial charge in [0.15, 0.2) is 0 Å². The van der Waals surface area contributed by atoms with Crippen molar-refractivity contribution < 1.29 is 13.2 Å². The van der Waals surface area contributed by atoms with E-state index in [0.717, 1.165) is 12.1 Å². The third kappa shape index (κ3) is 3.04. The van der Waals surface area contributed by atoms with Crippen LogP contribution in [0.25, 0.3) is 10.9 Å². The van der Waals surface area contributed by atoms with E-state index in [9.17, 15) is 22.8 Å². The van der Waals surface area contributed by atoms with Crippen molar-refractivity contribution in [3.05, 3.63) is 44.1 Å². The smallest absolute Gasteiger partial charge is 0.307 e. The van der Waals surface area contributed by atoms with Crippen LogP contribution in [0.3, 0.4) is 0 Å². The van der Waals surface area contributed by atoms with Crippen LogP contribution in [0, 0.1) is 6.92 Å². The topological polar surface area (TPSA) is 65.7 Å². The van der Waals surface area contributed by atoms with E-state index in [0.29, 0.717) is 0 Å². The van der Waals surface area contributed by atoms with Crippen LogP contribution < -0.4 is 11.2 Å². The Morgan fingerprint density at radius 2 is 1.63 bits per heavy atom. The van der Waals surface area contributed by atoms with E-state index in [-0.39, 0.29) is 16.5 Å². The van der Waals surface area contributed by atoms with Gasteiger partial charge in [-0.25, -0.2) is 4.79 Å². The number of benzene rings is 1. The van der Waals surface area contributed by atoms with Crippen LogP contribution in [0.4, 0.5) is 13.2 Å². The Morgan fingerprint density at radius 1 is 1.05 bits per heavy atom. The van der Waals surface area contributed by atoms with Crippen molar-refractivity contribution >= 4 is 10.9 Å². The SMILES string of the molecule is CC.Cc1cc2c(=O)[nH]c(=O)[nH]c2cc1C(F)(F)F. The summed E-state index contributed by atoms with van der Waals surface area (Å²) in [5.41, 5.74) is -2.61. The van der Waals surface area contributed by atoms with Gasteiger partial charge in [0.25, 0.3) is 5.56 Å². The van der Waals surface area contributed by atoms with Gasteiger partial charge < -0.3 is 4.98 Å². The van der Waals surface area contributed by atoms with Crippen LogP contribution >= 0.6 is 0 Å². The number of aryl methyl sites for hydroxylation is 1. The zero-order valence-electron chi connectivity index (χ0n) is 10.6. The van der Waals surface area contributed by atoms with E-state index in [1.165, 1.54) is 6.92 Å². The molecule has 1 aromatic heterocycles. The minimum absolute atomic E-state index is 0.0232. The lowest BCUT2D eigenvalue weighted by Crippen LogP contribution is -2.22. The standard InChI is InChI=1S/C10H7F3N2O2.C2H6/c1-4-2-5-7(3-6(4)10(11,12)13)14-9(17)15-8(5)16;1-2/h2-3H,1H3,(H2,14,15,16,17);1-2H3. The molecule has 0 atom stereocenters. The predicted octanol–water partition coefficient (Wildman–Crippen LogP) is 2.57. The van der Waals surface area contributed by atoms with Gasteiger partial charge in [0.05, 0.1) is 16.5 Å². The molecule has 4 nitrogen and oxygen atoms in total. The van der Waals surface area contributed by atoms with Gasteiger partial charge in [0, 0.05) is 0 Å². The zero-order valence-corrected chi connectivity index (χ0v) is 10.6. The molecule has 0 spiro atoms. The van der Waals surface area contributed by atoms with Gasteiger partial charge in [-0.2, -0.15) is 13.2 Å². The number of halogens is 3. The van der Waals surface area contributed by atoms with Crippen molar-refractivity contribution in [3.8, 4) is 0 Å². The molecule has 2 N–H and O–H groups in total. The average molecular weight is 274 g/mol. The maximum atomic E-state index is 12.6. The summed E-state index contributed by atoms with van der Waals surface area (Å²) < 4.78 is 37.8. The van der Waals surface area contributed by atoms with E-state index >= 15 is 0 Å². The number of aromatic amines is 2. The second-order valence-electron chi connectivity index (χ2n) is 3.62. The van der Waals surface area contributed by atoms with E-state index in [1.54, 1.807) is 0 Å². The van der Waals surface area contributed by atoms with Crippen LogP contribution in [-0.2, 0) is 6.18 Å². The molecule has 0 amide bonds. The van der Waals surface area contributed by atoms with Gasteiger partial charge in [0.1, 0.15) is 0 Å². The number of rotatable bonds is 0. The van der Waals surface area contributed by atoms with E-state index in [2.05, 4.69) is 4.98 Å². The maximum Gasteiger partial charge on any atom is 0.416 e. The molecule has 2 aromatic rings. The molecule has 104 valence electrons. The van der Waals surface area contributed by atoms with Gasteiger partial charge >= 0.3 is 11.9 Å². The zero-order chi connectivity index (χ0) is 14.8. The molecule has 1 heterocycles. The first-order chi connectivity index (χ1) is 8.79. The summed E-state index contributed by atoms with van der Waals surface area (Å²) in [4.78, 5) is 26.4. The third-order valence-corrected chi connectivity index (χ3v) is 2.39. The van der Waals surface area contributed by atoms with Gasteiger partial charge in [-0.05, 0) is 24.6 Å². The normalized spacial score (nSPS) is 11.1. The van der Waals surface area contributed by atoms with E-state index < -0.39 is 23.0 Å². The molecule has 7 heteroatoms. The summed E-state index contributed by atoms with van der Waals surface area (Å²) in [7, 11) is 0. The van der Waals surface area contributed by atoms with Gasteiger partial charge in [0.2, 0.25) is 0 Å². The summed E-state index contributed by atoms with van der Waals surface area (Å²) in [6.07, 6.45) is -4.52. The van der Waals surface area contributed by atoms with Crippen molar-refractivity contribution in [2.45, 2.75) is 26.9 Å². The lowest BCUT2D eigenvalue weighted by molar-refractivity contribution is -0.137. The molecule has 0 saturated carbocycles. The largest absolute Gasteiger partial charge is 0.416 e. The minimum atomic E-state index is -4.52. The summed E-state index contributed by atoms with van der Waals surface area (Å²) in [5.74, 6) is 0. The highest BCUT2D eigenvalue weighted by molar-refractivity contribution is 5.79. The lowest BCUT2D eigenvalue weighted by atomic mass is 10.1. The summed E-state index contributed by atoms with van der Waals surface area (Å²) >= 11 is 0. The number of alkyl halides is 3. The van der Waals surface area contributed by atoms with Crippen LogP contribution in [0.15, 0.2) is 21.7 Å². The second kappa shape index (κ2) is 5.29. The Labute approximate surface area is 106 Å². The second-order valence-corrected chi connectivity index (χ2v) is 3.62. The summed E-state index contributed by atoms with van der Waals surface area (Å²) in [6.45, 7) is 5.26. The average Bonchev–Trinajstić information content (AvgIpc) is 2.31. The number of hydrogen-bond donors (Lipinski definition) is 2. The van der Waals surface area contributed by atoms with Crippen LogP contribution in [0.2, 0.25) is 0 Å². The Hall–Kier alpha value is -2.05. The fourth-order valence-electron chi connectivity index (χ4n) is 1.63. The maximum absolute atomic E-state index is 12.6. The lowest BCUT2D eigenvalue weighted by Gasteiger charge is -2.10. The Morgan fingerprint density at radius 3 is 2.16 bits per heavy atom. The Bertz CT molecular complexity index is 699. The molecule has 0 saturated heterocycles. The molecule has 19 heavy (non-hydrogen) atoms. The molecule has 0 bridgehead atoms. The molecular weight excluding hydrogens is 261 g/mol. The Kier molecular flexibility index (Phi) is 4.18. The Balaban J connectivity index is 0.000000861. The van der Waals surface area contributed by atoms with Crippen LogP contribution in [0.1, 0.15) is 25.0 Å². The fraction of sp³-hybridized carbons (Fsp3) is 0.333. The fourth-order valence-corrected chi connectivity index (χ4v) is 1.63. The quantitative estimate of drug-likeness (QED) is 0.775. The first kappa shape index (κ1) is 15.0. The number of hydrogen-bond acceptors (Lipinski definition) is 2. The van der Waals surface area contributed by atoms with Gasteiger partial charge in [-0.1, -0.05) is 13.8 Å². The van der Waals surface area contributed by atoms with E-state index in [4.69, 9.17) is 0 Å². The van der Waals surface area contributed by atoms with Crippen LogP contribution in [0.5, 0.6) is 0 Å². The van der Waals surface area contributed by atoms with Gasteiger partial charge in [-0.15, -0.1) is 0 Å². The predicted molar refractivity (Wildman–Crippen MR) is 66.3 cm³/mol. The summed E-state index contributed by atoms with van der Waals surface area (Å²) in [5, 5.41) is 0.0232. The molecule has 0 fully saturated rings. The number of aromatic nitrogens is 2. The highest BCUT2D eigenvalue weighted by Gasteiger charge is 2.32. The minimum Gasteiger partial charge on any atom is -0.307 e. The molecule has 0 radical (unpaired) electrons. The van der Waals surface area contributed by atoms with Crippen molar-refractivity contribution in [1.82, 2.24) is 9.97 Å². The highest BCUT2D eigenvalue weighted by atomic mass is 19.4. The molecule has 0 aliphatic heterocycles. The van der Waals surface area contributed by atoms with Crippen molar-refractivity contribution in [2.75, 3.05) is 0 Å². The van der Waals surface area contributed by atoms with Crippen molar-refractivity contribution in [2.24, 2.45) is 0 Å². The van der Waals surface area contributed by atoms with Crippen molar-refractivity contribution in [3.63, 3.8) is 0 Å².